The summed E-state index contributed by atoms with van der Waals surface area (Å²) in [5.41, 5.74) is 1.16. The zero-order chi connectivity index (χ0) is 19.5. The van der Waals surface area contributed by atoms with E-state index >= 15 is 0 Å². The van der Waals surface area contributed by atoms with E-state index in [1.807, 2.05) is 29.1 Å². The van der Waals surface area contributed by atoms with Crippen LogP contribution in [-0.4, -0.2) is 28.1 Å². The summed E-state index contributed by atoms with van der Waals surface area (Å²) in [6, 6.07) is 10.3. The van der Waals surface area contributed by atoms with Gasteiger partial charge in [-0.05, 0) is 0 Å². The molecule has 5 heteroatoms. The molecule has 0 amide bonds. The molecule has 0 saturated heterocycles. The number of aromatic nitrogens is 2. The van der Waals surface area contributed by atoms with Gasteiger partial charge in [0.15, 0.2) is 0 Å². The summed E-state index contributed by atoms with van der Waals surface area (Å²) < 4.78 is 7.39. The van der Waals surface area contributed by atoms with Gasteiger partial charge in [0, 0.05) is 0 Å². The Morgan fingerprint density at radius 1 is 0.926 bits per heavy atom. The molecular weight excluding hydrogens is 462 g/mol. The van der Waals surface area contributed by atoms with E-state index in [1.165, 1.54) is 55.5 Å². The number of unbranched alkanes of at least 4 members (excludes halogenated alkanes) is 3. The van der Waals surface area contributed by atoms with E-state index in [1.54, 1.807) is 0 Å². The second kappa shape index (κ2) is 12.0. The number of hydrogen-bond acceptors (Lipinski definition) is 2. The van der Waals surface area contributed by atoms with Crippen LogP contribution in [-0.2, 0) is 6.61 Å². The Bertz CT molecular complexity index is 638. The molecule has 0 aliphatic heterocycles. The standard InChI is InChI=1S/C10H8ClN2O.3C4H9.Sn/c11-10-12-6-7-13(10)14-8-9-4-2-1-3-5-9;3*1-3-4-2;/h1-6H,8H2;3*1,3-4H2,2H3;. The van der Waals surface area contributed by atoms with Crippen molar-refractivity contribution in [3.8, 4) is 0 Å². The van der Waals surface area contributed by atoms with Gasteiger partial charge in [0.1, 0.15) is 0 Å². The van der Waals surface area contributed by atoms with Crippen LogP contribution in [0.5, 0.6) is 0 Å². The van der Waals surface area contributed by atoms with Crippen LogP contribution < -0.4 is 8.55 Å². The van der Waals surface area contributed by atoms with Crippen molar-refractivity contribution in [2.75, 3.05) is 0 Å². The Balaban J connectivity index is 2.32. The number of rotatable bonds is 13. The first-order valence-electron chi connectivity index (χ1n) is 10.6. The predicted octanol–water partition coefficient (Wildman–Crippen LogP) is 6.22. The molecule has 150 valence electrons. The van der Waals surface area contributed by atoms with Crippen LogP contribution in [0, 0.1) is 0 Å². The van der Waals surface area contributed by atoms with Gasteiger partial charge in [0.2, 0.25) is 0 Å². The van der Waals surface area contributed by atoms with Crippen LogP contribution in [0.3, 0.4) is 0 Å². The monoisotopic (exact) mass is 498 g/mol. The average Bonchev–Trinajstić information content (AvgIpc) is 3.08. The number of nitrogens with zero attached hydrogens (tertiary/aromatic N) is 2. The van der Waals surface area contributed by atoms with Crippen molar-refractivity contribution in [2.24, 2.45) is 0 Å². The minimum absolute atomic E-state index is 0.478. The Kier molecular flexibility index (Phi) is 10.1. The van der Waals surface area contributed by atoms with E-state index in [0.717, 1.165) is 5.56 Å². The summed E-state index contributed by atoms with van der Waals surface area (Å²) in [6.45, 7) is 7.42. The Labute approximate surface area is 174 Å². The number of imidazole rings is 1. The molecule has 0 aliphatic rings. The zero-order valence-electron chi connectivity index (χ0n) is 17.2. The second-order valence-electron chi connectivity index (χ2n) is 7.56. The summed E-state index contributed by atoms with van der Waals surface area (Å²) in [7, 11) is 0. The van der Waals surface area contributed by atoms with Crippen molar-refractivity contribution < 1.29 is 4.84 Å². The first-order valence-corrected chi connectivity index (χ1v) is 18.4. The molecule has 1 aromatic heterocycles. The van der Waals surface area contributed by atoms with Crippen LogP contribution in [0.4, 0.5) is 0 Å². The van der Waals surface area contributed by atoms with Gasteiger partial charge in [-0.3, -0.25) is 0 Å². The topological polar surface area (TPSA) is 27.1 Å². The molecule has 1 aromatic carbocycles. The number of halogens is 1. The average molecular weight is 498 g/mol. The minimum atomic E-state index is -2.63. The SMILES string of the molecule is CCC[CH2][Sn]([CH2]CCC)([CH2]CCC)[c]1cnc(Cl)n1OCc1ccccc1. The third kappa shape index (κ3) is 6.42. The fourth-order valence-electron chi connectivity index (χ4n) is 3.81. The quantitative estimate of drug-likeness (QED) is 0.307. The normalized spacial score (nSPS) is 11.7. The summed E-state index contributed by atoms with van der Waals surface area (Å²) >= 11 is 3.85. The van der Waals surface area contributed by atoms with E-state index in [4.69, 9.17) is 16.4 Å². The van der Waals surface area contributed by atoms with Gasteiger partial charge >= 0.3 is 175 Å². The van der Waals surface area contributed by atoms with Gasteiger partial charge in [-0.25, -0.2) is 0 Å². The zero-order valence-corrected chi connectivity index (χ0v) is 20.8. The number of benzene rings is 1. The van der Waals surface area contributed by atoms with E-state index in [-0.39, 0.29) is 0 Å². The van der Waals surface area contributed by atoms with E-state index < -0.39 is 18.4 Å². The van der Waals surface area contributed by atoms with Gasteiger partial charge in [0.25, 0.3) is 0 Å². The Morgan fingerprint density at radius 3 is 2.00 bits per heavy atom. The van der Waals surface area contributed by atoms with Crippen molar-refractivity contribution in [1.82, 2.24) is 9.71 Å². The molecule has 0 aliphatic carbocycles. The van der Waals surface area contributed by atoms with Crippen molar-refractivity contribution in [2.45, 2.75) is 79.2 Å². The molecular formula is C22H35ClN2OSn. The van der Waals surface area contributed by atoms with Crippen molar-refractivity contribution in [1.29, 1.82) is 0 Å². The third-order valence-corrected chi connectivity index (χ3v) is 21.0. The molecule has 0 N–H and O–H groups in total. The molecule has 27 heavy (non-hydrogen) atoms. The van der Waals surface area contributed by atoms with Crippen LogP contribution in [0.2, 0.25) is 18.6 Å². The molecule has 0 atom stereocenters. The predicted molar refractivity (Wildman–Crippen MR) is 118 cm³/mol. The van der Waals surface area contributed by atoms with Crippen molar-refractivity contribution in [3.63, 3.8) is 0 Å². The molecule has 3 nitrogen and oxygen atoms in total. The first kappa shape index (κ1) is 22.6. The van der Waals surface area contributed by atoms with Crippen LogP contribution in [0.25, 0.3) is 0 Å². The van der Waals surface area contributed by atoms with Gasteiger partial charge in [0.05, 0.1) is 0 Å². The summed E-state index contributed by atoms with van der Waals surface area (Å²) in [6.07, 6.45) is 9.74. The molecule has 2 aromatic rings. The Hall–Kier alpha value is -0.681. The van der Waals surface area contributed by atoms with Crippen molar-refractivity contribution >= 4 is 33.7 Å². The molecule has 1 heterocycles. The number of hydrogen-bond donors (Lipinski definition) is 0. The summed E-state index contributed by atoms with van der Waals surface area (Å²) in [4.78, 5) is 10.7. The second-order valence-corrected chi connectivity index (χ2v) is 20.9. The molecule has 0 radical (unpaired) electrons. The Morgan fingerprint density at radius 2 is 1.48 bits per heavy atom. The van der Waals surface area contributed by atoms with Crippen molar-refractivity contribution in [3.05, 3.63) is 47.4 Å². The van der Waals surface area contributed by atoms with Crippen LogP contribution >= 0.6 is 11.6 Å². The molecule has 2 rings (SSSR count). The molecule has 0 saturated carbocycles. The van der Waals surface area contributed by atoms with E-state index in [0.29, 0.717) is 11.9 Å². The molecule has 0 spiro atoms. The first-order chi connectivity index (χ1) is 13.2. The molecule has 0 unspecified atom stereocenters. The molecule has 0 bridgehead atoms. The fraction of sp³-hybridized carbons (Fsp3) is 0.591. The summed E-state index contributed by atoms with van der Waals surface area (Å²) in [5.74, 6) is 0. The van der Waals surface area contributed by atoms with Crippen LogP contribution in [0.1, 0.15) is 64.9 Å². The summed E-state index contributed by atoms with van der Waals surface area (Å²) in [5, 5.41) is 0.478. The van der Waals surface area contributed by atoms with Gasteiger partial charge in [-0.2, -0.15) is 0 Å². The van der Waals surface area contributed by atoms with Gasteiger partial charge < -0.3 is 0 Å². The van der Waals surface area contributed by atoms with E-state index in [2.05, 4.69) is 37.9 Å². The molecule has 0 fully saturated rings. The van der Waals surface area contributed by atoms with Gasteiger partial charge in [-0.1, -0.05) is 0 Å². The van der Waals surface area contributed by atoms with Gasteiger partial charge in [-0.15, -0.1) is 0 Å². The fourth-order valence-corrected chi connectivity index (χ4v) is 20.0. The maximum atomic E-state index is 6.48. The maximum absolute atomic E-state index is 6.48. The third-order valence-electron chi connectivity index (χ3n) is 5.45. The van der Waals surface area contributed by atoms with Crippen LogP contribution in [0.15, 0.2) is 36.5 Å². The van der Waals surface area contributed by atoms with E-state index in [9.17, 15) is 0 Å².